The minimum absolute atomic E-state index is 0.278. The van der Waals surface area contributed by atoms with Gasteiger partial charge in [0.05, 0.1) is 6.61 Å². The van der Waals surface area contributed by atoms with Gasteiger partial charge >= 0.3 is 0 Å². The molecular weight excluding hydrogens is 257 g/mol. The van der Waals surface area contributed by atoms with Gasteiger partial charge in [0.15, 0.2) is 5.82 Å². The highest BCUT2D eigenvalue weighted by Crippen LogP contribution is 2.20. The summed E-state index contributed by atoms with van der Waals surface area (Å²) in [6, 6.07) is 4.63. The molecular formula is C15H18FN3O. The van der Waals surface area contributed by atoms with Gasteiger partial charge in [0, 0.05) is 43.7 Å². The summed E-state index contributed by atoms with van der Waals surface area (Å²) in [6.07, 6.45) is 3.51. The van der Waals surface area contributed by atoms with E-state index in [4.69, 9.17) is 4.74 Å². The van der Waals surface area contributed by atoms with Crippen LogP contribution in [0.5, 0.6) is 0 Å². The molecule has 0 saturated heterocycles. The molecule has 0 fully saturated rings. The number of methoxy groups -OCH3 is 1. The highest BCUT2D eigenvalue weighted by molar-refractivity contribution is 5.59. The van der Waals surface area contributed by atoms with Gasteiger partial charge in [-0.25, -0.2) is 14.4 Å². The molecule has 0 atom stereocenters. The van der Waals surface area contributed by atoms with E-state index in [2.05, 4.69) is 15.3 Å². The van der Waals surface area contributed by atoms with E-state index in [1.54, 1.807) is 25.6 Å². The van der Waals surface area contributed by atoms with Crippen LogP contribution in [0.15, 0.2) is 30.6 Å². The molecule has 20 heavy (non-hydrogen) atoms. The third kappa shape index (κ3) is 3.82. The first-order chi connectivity index (χ1) is 9.70. The lowest BCUT2D eigenvalue weighted by Gasteiger charge is -2.06. The Morgan fingerprint density at radius 2 is 2.00 bits per heavy atom. The first-order valence-corrected chi connectivity index (χ1v) is 6.48. The average Bonchev–Trinajstić information content (AvgIpc) is 2.47. The van der Waals surface area contributed by atoms with Gasteiger partial charge < -0.3 is 10.1 Å². The monoisotopic (exact) mass is 275 g/mol. The van der Waals surface area contributed by atoms with Crippen LogP contribution in [0.2, 0.25) is 0 Å². The van der Waals surface area contributed by atoms with Crippen molar-refractivity contribution in [3.63, 3.8) is 0 Å². The molecule has 2 rings (SSSR count). The van der Waals surface area contributed by atoms with Crippen LogP contribution < -0.4 is 5.32 Å². The number of nitrogens with zero attached hydrogens (tertiary/aromatic N) is 2. The second-order valence-electron chi connectivity index (χ2n) is 4.54. The maximum Gasteiger partial charge on any atom is 0.159 e. The van der Waals surface area contributed by atoms with Crippen LogP contribution in [0.3, 0.4) is 0 Å². The van der Waals surface area contributed by atoms with Gasteiger partial charge in [0.1, 0.15) is 5.82 Å². The largest absolute Gasteiger partial charge is 0.383 e. The van der Waals surface area contributed by atoms with E-state index >= 15 is 0 Å². The van der Waals surface area contributed by atoms with Gasteiger partial charge in [-0.2, -0.15) is 0 Å². The number of aryl methyl sites for hydroxylation is 1. The van der Waals surface area contributed by atoms with Crippen molar-refractivity contribution in [1.82, 2.24) is 15.3 Å². The summed E-state index contributed by atoms with van der Waals surface area (Å²) >= 11 is 0. The first-order valence-electron chi connectivity index (χ1n) is 6.48. The second kappa shape index (κ2) is 7.07. The number of nitrogens with one attached hydrogen (secondary N) is 1. The molecule has 0 aliphatic carbocycles. The van der Waals surface area contributed by atoms with Crippen LogP contribution in [0.25, 0.3) is 11.4 Å². The summed E-state index contributed by atoms with van der Waals surface area (Å²) in [5, 5.41) is 3.22. The zero-order valence-electron chi connectivity index (χ0n) is 11.7. The van der Waals surface area contributed by atoms with Crippen molar-refractivity contribution in [2.45, 2.75) is 13.5 Å². The molecule has 1 heterocycles. The Bertz CT molecular complexity index is 558. The highest BCUT2D eigenvalue weighted by Gasteiger charge is 2.06. The molecule has 5 heteroatoms. The van der Waals surface area contributed by atoms with Crippen molar-refractivity contribution < 1.29 is 9.13 Å². The Kier molecular flexibility index (Phi) is 5.15. The molecule has 0 aliphatic heterocycles. The summed E-state index contributed by atoms with van der Waals surface area (Å²) in [6.45, 7) is 4.05. The first kappa shape index (κ1) is 14.6. The fourth-order valence-electron chi connectivity index (χ4n) is 1.83. The third-order valence-corrected chi connectivity index (χ3v) is 2.96. The van der Waals surface area contributed by atoms with Crippen molar-refractivity contribution in [3.05, 3.63) is 47.5 Å². The Morgan fingerprint density at radius 3 is 2.70 bits per heavy atom. The molecule has 0 bridgehead atoms. The van der Waals surface area contributed by atoms with Crippen molar-refractivity contribution >= 4 is 0 Å². The van der Waals surface area contributed by atoms with Crippen LogP contribution in [0.1, 0.15) is 11.1 Å². The van der Waals surface area contributed by atoms with E-state index in [1.807, 2.05) is 6.92 Å². The predicted octanol–water partition coefficient (Wildman–Crippen LogP) is 2.33. The molecule has 2 aromatic rings. The van der Waals surface area contributed by atoms with E-state index < -0.39 is 0 Å². The van der Waals surface area contributed by atoms with E-state index in [9.17, 15) is 4.39 Å². The second-order valence-corrected chi connectivity index (χ2v) is 4.54. The number of rotatable bonds is 6. The minimum Gasteiger partial charge on any atom is -0.383 e. The molecule has 0 spiro atoms. The van der Waals surface area contributed by atoms with E-state index in [1.165, 1.54) is 12.1 Å². The molecule has 4 nitrogen and oxygen atoms in total. The maximum atomic E-state index is 13.3. The van der Waals surface area contributed by atoms with Crippen LogP contribution in [0, 0.1) is 12.7 Å². The molecule has 0 amide bonds. The number of ether oxygens (including phenoxy) is 1. The Labute approximate surface area is 118 Å². The SMILES string of the molecule is COCCNCc1cnc(-c2cc(F)ccc2C)nc1. The van der Waals surface area contributed by atoms with Gasteiger partial charge in [-0.15, -0.1) is 0 Å². The number of hydrogen-bond donors (Lipinski definition) is 1. The molecule has 1 aromatic heterocycles. The molecule has 106 valence electrons. The van der Waals surface area contributed by atoms with E-state index in [-0.39, 0.29) is 5.82 Å². The number of benzene rings is 1. The normalized spacial score (nSPS) is 10.8. The van der Waals surface area contributed by atoms with Crippen LogP contribution >= 0.6 is 0 Å². The topological polar surface area (TPSA) is 47.0 Å². The van der Waals surface area contributed by atoms with Gasteiger partial charge in [-0.05, 0) is 24.6 Å². The molecule has 0 aliphatic rings. The van der Waals surface area contributed by atoms with Crippen LogP contribution in [-0.2, 0) is 11.3 Å². The zero-order chi connectivity index (χ0) is 14.4. The maximum absolute atomic E-state index is 13.3. The Hall–Kier alpha value is -1.85. The zero-order valence-corrected chi connectivity index (χ0v) is 11.7. The molecule has 0 radical (unpaired) electrons. The number of halogens is 1. The Balaban J connectivity index is 2.06. The van der Waals surface area contributed by atoms with Crippen molar-refractivity contribution in [2.24, 2.45) is 0 Å². The van der Waals surface area contributed by atoms with Gasteiger partial charge in [-0.3, -0.25) is 0 Å². The van der Waals surface area contributed by atoms with Crippen molar-refractivity contribution in [3.8, 4) is 11.4 Å². The summed E-state index contributed by atoms with van der Waals surface area (Å²) in [5.41, 5.74) is 2.67. The summed E-state index contributed by atoms with van der Waals surface area (Å²) in [7, 11) is 1.67. The molecule has 1 N–H and O–H groups in total. The molecule has 0 saturated carbocycles. The average molecular weight is 275 g/mol. The standard InChI is InChI=1S/C15H18FN3O/c1-11-3-4-13(16)7-14(11)15-18-9-12(10-19-15)8-17-5-6-20-2/h3-4,7,9-10,17H,5-6,8H2,1-2H3. The fourth-order valence-corrected chi connectivity index (χ4v) is 1.83. The lowest BCUT2D eigenvalue weighted by atomic mass is 10.1. The molecule has 1 aromatic carbocycles. The fraction of sp³-hybridized carbons (Fsp3) is 0.333. The number of aromatic nitrogens is 2. The Morgan fingerprint density at radius 1 is 1.25 bits per heavy atom. The van der Waals surface area contributed by atoms with Gasteiger partial charge in [-0.1, -0.05) is 6.07 Å². The van der Waals surface area contributed by atoms with Gasteiger partial charge in [0.2, 0.25) is 0 Å². The third-order valence-electron chi connectivity index (χ3n) is 2.96. The van der Waals surface area contributed by atoms with Crippen molar-refractivity contribution in [1.29, 1.82) is 0 Å². The predicted molar refractivity (Wildman–Crippen MR) is 75.7 cm³/mol. The van der Waals surface area contributed by atoms with E-state index in [0.29, 0.717) is 19.0 Å². The van der Waals surface area contributed by atoms with Crippen LogP contribution in [-0.4, -0.2) is 30.2 Å². The lowest BCUT2D eigenvalue weighted by Crippen LogP contribution is -2.18. The number of hydrogen-bond acceptors (Lipinski definition) is 4. The quantitative estimate of drug-likeness (QED) is 0.822. The highest BCUT2D eigenvalue weighted by atomic mass is 19.1. The van der Waals surface area contributed by atoms with Crippen molar-refractivity contribution in [2.75, 3.05) is 20.3 Å². The summed E-state index contributed by atoms with van der Waals surface area (Å²) in [5.74, 6) is 0.266. The van der Waals surface area contributed by atoms with Crippen LogP contribution in [0.4, 0.5) is 4.39 Å². The summed E-state index contributed by atoms with van der Waals surface area (Å²) in [4.78, 5) is 8.60. The minimum atomic E-state index is -0.278. The molecule has 0 unspecified atom stereocenters. The smallest absolute Gasteiger partial charge is 0.159 e. The van der Waals surface area contributed by atoms with Gasteiger partial charge in [0.25, 0.3) is 0 Å². The van der Waals surface area contributed by atoms with E-state index in [0.717, 1.165) is 23.2 Å². The lowest BCUT2D eigenvalue weighted by molar-refractivity contribution is 0.199. The summed E-state index contributed by atoms with van der Waals surface area (Å²) < 4.78 is 18.2.